The molecule has 0 radical (unpaired) electrons. The predicted octanol–water partition coefficient (Wildman–Crippen LogP) is -1.71. The Kier molecular flexibility index (Phi) is 4.70. The number of nitrogens with zero attached hydrogens (tertiary/aromatic N) is 2. The van der Waals surface area contributed by atoms with Gasteiger partial charge < -0.3 is 28.5 Å². The highest BCUT2D eigenvalue weighted by Crippen LogP contribution is 2.03. The van der Waals surface area contributed by atoms with Crippen molar-refractivity contribution in [3.8, 4) is 0 Å². The van der Waals surface area contributed by atoms with Gasteiger partial charge in [0.1, 0.15) is 6.54 Å². The van der Waals surface area contributed by atoms with Gasteiger partial charge in [0.05, 0.1) is 21.1 Å². The average molecular weight is 278 g/mol. The lowest BCUT2D eigenvalue weighted by atomic mass is 10.2. The molecule has 0 unspecified atom stereocenters. The van der Waals surface area contributed by atoms with E-state index in [1.54, 1.807) is 6.20 Å². The van der Waals surface area contributed by atoms with E-state index < -0.39 is 0 Å². The first-order valence-corrected chi connectivity index (χ1v) is 3.77. The Morgan fingerprint density at radius 1 is 1.33 bits per heavy atom. The third-order valence-electron chi connectivity index (χ3n) is 1.38. The molecule has 1 rings (SSSR count). The summed E-state index contributed by atoms with van der Waals surface area (Å²) in [6.07, 6.45) is 3.72. The zero-order valence-electron chi connectivity index (χ0n) is 7.79. The molecule has 0 spiro atoms. The Labute approximate surface area is 91.2 Å². The SMILES string of the molecule is C[N+](C)(C)Cc1cccnc1.[I-]. The molecule has 1 aromatic rings. The summed E-state index contributed by atoms with van der Waals surface area (Å²) in [4.78, 5) is 4.06. The van der Waals surface area contributed by atoms with Crippen LogP contribution in [0.15, 0.2) is 24.5 Å². The average Bonchev–Trinajstić information content (AvgIpc) is 1.85. The number of halogens is 1. The fourth-order valence-corrected chi connectivity index (χ4v) is 1.04. The fraction of sp³-hybridized carbons (Fsp3) is 0.444. The minimum atomic E-state index is 0. The van der Waals surface area contributed by atoms with Crippen LogP contribution in [0.2, 0.25) is 0 Å². The zero-order valence-corrected chi connectivity index (χ0v) is 9.95. The van der Waals surface area contributed by atoms with Crippen LogP contribution in [0.1, 0.15) is 5.56 Å². The van der Waals surface area contributed by atoms with Gasteiger partial charge in [-0.05, 0) is 6.07 Å². The molecule has 68 valence electrons. The minimum Gasteiger partial charge on any atom is -1.00 e. The van der Waals surface area contributed by atoms with Crippen molar-refractivity contribution in [3.63, 3.8) is 0 Å². The maximum atomic E-state index is 4.06. The van der Waals surface area contributed by atoms with E-state index in [1.165, 1.54) is 5.56 Å². The van der Waals surface area contributed by atoms with E-state index in [0.717, 1.165) is 11.0 Å². The third-order valence-corrected chi connectivity index (χ3v) is 1.38. The molecule has 0 aliphatic heterocycles. The van der Waals surface area contributed by atoms with Gasteiger partial charge in [-0.2, -0.15) is 0 Å². The van der Waals surface area contributed by atoms with Crippen molar-refractivity contribution in [3.05, 3.63) is 30.1 Å². The number of hydrogen-bond donors (Lipinski definition) is 0. The molecule has 0 aromatic carbocycles. The van der Waals surface area contributed by atoms with Crippen LogP contribution in [0.5, 0.6) is 0 Å². The van der Waals surface area contributed by atoms with Crippen LogP contribution in [0.3, 0.4) is 0 Å². The Morgan fingerprint density at radius 2 is 2.00 bits per heavy atom. The standard InChI is InChI=1S/C9H15N2.HI/c1-11(2,3)8-9-5-4-6-10-7-9;/h4-7H,8H2,1-3H3;1H/q+1;/p-1. The summed E-state index contributed by atoms with van der Waals surface area (Å²) < 4.78 is 0.950. The summed E-state index contributed by atoms with van der Waals surface area (Å²) in [6.45, 7) is 1.04. The third kappa shape index (κ3) is 4.66. The number of quaternary nitrogens is 1. The van der Waals surface area contributed by atoms with Crippen molar-refractivity contribution in [1.82, 2.24) is 4.98 Å². The topological polar surface area (TPSA) is 12.9 Å². The zero-order chi connectivity index (χ0) is 8.32. The van der Waals surface area contributed by atoms with E-state index in [-0.39, 0.29) is 24.0 Å². The molecule has 0 saturated carbocycles. The van der Waals surface area contributed by atoms with E-state index in [9.17, 15) is 0 Å². The molecule has 1 aromatic heterocycles. The van der Waals surface area contributed by atoms with Gasteiger partial charge in [0.15, 0.2) is 0 Å². The number of pyridine rings is 1. The van der Waals surface area contributed by atoms with Crippen LogP contribution in [-0.4, -0.2) is 30.6 Å². The lowest BCUT2D eigenvalue weighted by Crippen LogP contribution is -3.00. The molecule has 0 N–H and O–H groups in total. The smallest absolute Gasteiger partial charge is 0.105 e. The molecular weight excluding hydrogens is 263 g/mol. The summed E-state index contributed by atoms with van der Waals surface area (Å²) in [5, 5.41) is 0. The monoisotopic (exact) mass is 278 g/mol. The highest BCUT2D eigenvalue weighted by atomic mass is 127. The lowest BCUT2D eigenvalue weighted by Gasteiger charge is -2.23. The Balaban J connectivity index is 0.00000121. The van der Waals surface area contributed by atoms with E-state index in [0.29, 0.717) is 0 Å². The Morgan fingerprint density at radius 3 is 2.42 bits per heavy atom. The Bertz CT molecular complexity index is 216. The van der Waals surface area contributed by atoms with Gasteiger partial charge in [0, 0.05) is 18.0 Å². The van der Waals surface area contributed by atoms with Crippen LogP contribution >= 0.6 is 0 Å². The van der Waals surface area contributed by atoms with Gasteiger partial charge >= 0.3 is 0 Å². The molecule has 0 atom stereocenters. The van der Waals surface area contributed by atoms with Crippen LogP contribution < -0.4 is 24.0 Å². The summed E-state index contributed by atoms with van der Waals surface area (Å²) in [6, 6.07) is 4.08. The van der Waals surface area contributed by atoms with Gasteiger partial charge in [0.25, 0.3) is 0 Å². The first-order chi connectivity index (χ1) is 5.08. The van der Waals surface area contributed by atoms with Gasteiger partial charge in [-0.25, -0.2) is 0 Å². The van der Waals surface area contributed by atoms with E-state index in [2.05, 4.69) is 32.2 Å². The van der Waals surface area contributed by atoms with Crippen molar-refractivity contribution < 1.29 is 28.5 Å². The summed E-state index contributed by atoms with van der Waals surface area (Å²) in [7, 11) is 6.52. The van der Waals surface area contributed by atoms with Crippen molar-refractivity contribution in [1.29, 1.82) is 0 Å². The molecule has 0 fully saturated rings. The second-order valence-corrected chi connectivity index (χ2v) is 3.81. The largest absolute Gasteiger partial charge is 1.00 e. The molecule has 12 heavy (non-hydrogen) atoms. The molecule has 0 saturated heterocycles. The number of hydrogen-bond acceptors (Lipinski definition) is 1. The van der Waals surface area contributed by atoms with Gasteiger partial charge in [-0.3, -0.25) is 4.98 Å². The molecule has 0 aliphatic carbocycles. The van der Waals surface area contributed by atoms with Crippen LogP contribution in [0.25, 0.3) is 0 Å². The fourth-order valence-electron chi connectivity index (χ4n) is 1.04. The number of aromatic nitrogens is 1. The van der Waals surface area contributed by atoms with E-state index in [4.69, 9.17) is 0 Å². The second-order valence-electron chi connectivity index (χ2n) is 3.81. The highest BCUT2D eigenvalue weighted by molar-refractivity contribution is 5.06. The van der Waals surface area contributed by atoms with Crippen molar-refractivity contribution in [2.75, 3.05) is 21.1 Å². The first kappa shape index (κ1) is 11.8. The molecule has 0 aliphatic rings. The van der Waals surface area contributed by atoms with Gasteiger partial charge in [0.2, 0.25) is 0 Å². The van der Waals surface area contributed by atoms with E-state index in [1.807, 2.05) is 12.3 Å². The maximum absolute atomic E-state index is 4.06. The Hall–Kier alpha value is -0.160. The second kappa shape index (κ2) is 4.77. The molecule has 0 amide bonds. The minimum absolute atomic E-state index is 0. The molecule has 1 heterocycles. The maximum Gasteiger partial charge on any atom is 0.105 e. The van der Waals surface area contributed by atoms with Gasteiger partial charge in [-0.15, -0.1) is 0 Å². The summed E-state index contributed by atoms with van der Waals surface area (Å²) in [5.74, 6) is 0. The molecular formula is C9H15IN2. The molecule has 3 heteroatoms. The normalized spacial score (nSPS) is 10.6. The summed E-state index contributed by atoms with van der Waals surface area (Å²) in [5.41, 5.74) is 1.29. The van der Waals surface area contributed by atoms with Crippen molar-refractivity contribution in [2.45, 2.75) is 6.54 Å². The summed E-state index contributed by atoms with van der Waals surface area (Å²) >= 11 is 0. The van der Waals surface area contributed by atoms with Crippen molar-refractivity contribution in [2.24, 2.45) is 0 Å². The lowest BCUT2D eigenvalue weighted by molar-refractivity contribution is -0.884. The van der Waals surface area contributed by atoms with Gasteiger partial charge in [-0.1, -0.05) is 6.07 Å². The van der Waals surface area contributed by atoms with Crippen LogP contribution in [-0.2, 0) is 6.54 Å². The highest BCUT2D eigenvalue weighted by Gasteiger charge is 2.07. The molecule has 0 bridgehead atoms. The predicted molar refractivity (Wildman–Crippen MR) is 46.0 cm³/mol. The van der Waals surface area contributed by atoms with Crippen molar-refractivity contribution >= 4 is 0 Å². The van der Waals surface area contributed by atoms with E-state index >= 15 is 0 Å². The van der Waals surface area contributed by atoms with Crippen LogP contribution in [0, 0.1) is 0 Å². The van der Waals surface area contributed by atoms with Crippen LogP contribution in [0.4, 0.5) is 0 Å². The number of rotatable bonds is 2. The molecule has 2 nitrogen and oxygen atoms in total. The quantitative estimate of drug-likeness (QED) is 0.464. The first-order valence-electron chi connectivity index (χ1n) is 3.77.